The van der Waals surface area contributed by atoms with Crippen molar-refractivity contribution in [1.29, 1.82) is 0 Å². The number of H-pyrrole nitrogens is 1. The van der Waals surface area contributed by atoms with E-state index in [1.54, 1.807) is 19.0 Å². The highest BCUT2D eigenvalue weighted by atomic mass is 16.2. The summed E-state index contributed by atoms with van der Waals surface area (Å²) in [6.07, 6.45) is 4.76. The number of rotatable bonds is 5. The fraction of sp³-hybridized carbons (Fsp3) is 0.391. The number of fused-ring (bicyclic) bond motifs is 1. The van der Waals surface area contributed by atoms with Crippen molar-refractivity contribution in [3.8, 4) is 11.3 Å². The van der Waals surface area contributed by atoms with E-state index >= 15 is 0 Å². The Labute approximate surface area is 181 Å². The lowest BCUT2D eigenvalue weighted by atomic mass is 10.1. The van der Waals surface area contributed by atoms with Gasteiger partial charge in [-0.1, -0.05) is 30.3 Å². The summed E-state index contributed by atoms with van der Waals surface area (Å²) in [5, 5.41) is 10.9. The zero-order chi connectivity index (χ0) is 21.4. The second-order valence-electron chi connectivity index (χ2n) is 8.39. The normalized spacial score (nSPS) is 17.6. The van der Waals surface area contributed by atoms with E-state index in [9.17, 15) is 4.79 Å². The van der Waals surface area contributed by atoms with Crippen LogP contribution in [0.3, 0.4) is 0 Å². The molecule has 0 unspecified atom stereocenters. The quantitative estimate of drug-likeness (QED) is 0.663. The van der Waals surface area contributed by atoms with Crippen molar-refractivity contribution in [3.05, 3.63) is 47.7 Å². The fourth-order valence-corrected chi connectivity index (χ4v) is 4.48. The zero-order valence-electron chi connectivity index (χ0n) is 17.9. The van der Waals surface area contributed by atoms with Gasteiger partial charge >= 0.3 is 0 Å². The Balaban J connectivity index is 1.45. The number of carbonyl (C=O) groups excluding carboxylic acids is 1. The van der Waals surface area contributed by atoms with Crippen molar-refractivity contribution < 1.29 is 4.79 Å². The largest absolute Gasteiger partial charge is 0.347 e. The number of aromatic nitrogens is 4. The van der Waals surface area contributed by atoms with Gasteiger partial charge in [-0.3, -0.25) is 9.89 Å². The van der Waals surface area contributed by atoms with Gasteiger partial charge in [0.15, 0.2) is 5.82 Å². The van der Waals surface area contributed by atoms with Crippen molar-refractivity contribution in [2.24, 2.45) is 0 Å². The zero-order valence-corrected chi connectivity index (χ0v) is 17.9. The van der Waals surface area contributed by atoms with Crippen LogP contribution in [0.15, 0.2) is 36.4 Å². The van der Waals surface area contributed by atoms with Crippen molar-refractivity contribution in [2.45, 2.75) is 38.1 Å². The highest BCUT2D eigenvalue weighted by Gasteiger charge is 2.34. The Morgan fingerprint density at radius 3 is 2.81 bits per heavy atom. The van der Waals surface area contributed by atoms with Gasteiger partial charge in [-0.05, 0) is 37.7 Å². The van der Waals surface area contributed by atoms with Crippen LogP contribution >= 0.6 is 0 Å². The third kappa shape index (κ3) is 3.73. The predicted octanol–water partition coefficient (Wildman–Crippen LogP) is 3.16. The van der Waals surface area contributed by atoms with Gasteiger partial charge < -0.3 is 15.1 Å². The number of carbonyl (C=O) groups is 1. The summed E-state index contributed by atoms with van der Waals surface area (Å²) in [7, 11) is 3.61. The van der Waals surface area contributed by atoms with Gasteiger partial charge in [-0.25, -0.2) is 4.98 Å². The molecule has 0 saturated carbocycles. The monoisotopic (exact) mass is 417 g/mol. The Hall–Kier alpha value is -3.42. The van der Waals surface area contributed by atoms with Crippen molar-refractivity contribution in [1.82, 2.24) is 25.1 Å². The third-order valence-corrected chi connectivity index (χ3v) is 6.07. The second-order valence-corrected chi connectivity index (χ2v) is 8.39. The van der Waals surface area contributed by atoms with Crippen LogP contribution in [0.25, 0.3) is 11.3 Å². The van der Waals surface area contributed by atoms with Crippen LogP contribution in [-0.4, -0.2) is 57.7 Å². The lowest BCUT2D eigenvalue weighted by molar-refractivity contribution is -0.129. The lowest BCUT2D eigenvalue weighted by Gasteiger charge is -2.27. The maximum absolute atomic E-state index is 12.7. The standard InChI is InChI=1S/C23H27N7O/c1-29(2)22(31)19-12-7-13-30(19)23-24-17-11-6-10-16(17)21(26-23)25-20-14-18(27-28-20)15-8-4-3-5-9-15/h3-5,8-9,14,19H,6-7,10-13H2,1-2H3,(H2,24,25,26,27,28)/t19-/m1/s1. The van der Waals surface area contributed by atoms with E-state index in [4.69, 9.17) is 9.97 Å². The van der Waals surface area contributed by atoms with Crippen LogP contribution < -0.4 is 10.2 Å². The number of hydrogen-bond acceptors (Lipinski definition) is 6. The lowest BCUT2D eigenvalue weighted by Crippen LogP contribution is -2.43. The maximum Gasteiger partial charge on any atom is 0.244 e. The van der Waals surface area contributed by atoms with E-state index in [0.717, 1.165) is 72.8 Å². The highest BCUT2D eigenvalue weighted by molar-refractivity contribution is 5.85. The highest BCUT2D eigenvalue weighted by Crippen LogP contribution is 2.33. The number of likely N-dealkylation sites (N-methyl/N-ethyl adjacent to an activating group) is 1. The number of amides is 1. The summed E-state index contributed by atoms with van der Waals surface area (Å²) in [4.78, 5) is 26.1. The minimum Gasteiger partial charge on any atom is -0.347 e. The number of anilines is 3. The Morgan fingerprint density at radius 2 is 2.00 bits per heavy atom. The SMILES string of the molecule is CN(C)C(=O)[C@H]1CCCN1c1nc2c(c(Nc3cc(-c4ccccc4)[nH]n3)n1)CCC2. The van der Waals surface area contributed by atoms with Crippen molar-refractivity contribution in [3.63, 3.8) is 0 Å². The van der Waals surface area contributed by atoms with Crippen LogP contribution in [0.1, 0.15) is 30.5 Å². The molecule has 1 aliphatic carbocycles. The molecule has 3 heterocycles. The summed E-state index contributed by atoms with van der Waals surface area (Å²) in [5.41, 5.74) is 4.26. The molecule has 2 aromatic heterocycles. The molecule has 1 aromatic carbocycles. The molecule has 1 saturated heterocycles. The molecule has 2 N–H and O–H groups in total. The van der Waals surface area contributed by atoms with Crippen LogP contribution in [0.5, 0.6) is 0 Å². The first-order chi connectivity index (χ1) is 15.1. The summed E-state index contributed by atoms with van der Waals surface area (Å²) in [6.45, 7) is 0.795. The predicted molar refractivity (Wildman–Crippen MR) is 120 cm³/mol. The molecule has 160 valence electrons. The van der Waals surface area contributed by atoms with Gasteiger partial charge in [-0.15, -0.1) is 0 Å². The first-order valence-electron chi connectivity index (χ1n) is 10.9. The minimum atomic E-state index is -0.197. The fourth-order valence-electron chi connectivity index (χ4n) is 4.48. The second kappa shape index (κ2) is 8.02. The molecule has 3 aromatic rings. The maximum atomic E-state index is 12.7. The summed E-state index contributed by atoms with van der Waals surface area (Å²) in [6, 6.07) is 11.9. The number of nitrogens with one attached hydrogen (secondary N) is 2. The first kappa shape index (κ1) is 19.5. The molecule has 1 fully saturated rings. The van der Waals surface area contributed by atoms with Gasteiger partial charge in [0.05, 0.1) is 11.4 Å². The molecule has 0 radical (unpaired) electrons. The van der Waals surface area contributed by atoms with Gasteiger partial charge in [0.2, 0.25) is 11.9 Å². The van der Waals surface area contributed by atoms with Crippen LogP contribution in [0, 0.1) is 0 Å². The number of nitrogens with zero attached hydrogens (tertiary/aromatic N) is 5. The van der Waals surface area contributed by atoms with Crippen molar-refractivity contribution >= 4 is 23.5 Å². The molecule has 1 atom stereocenters. The molecule has 8 nitrogen and oxygen atoms in total. The molecular weight excluding hydrogens is 390 g/mol. The van der Waals surface area contributed by atoms with Crippen LogP contribution in [-0.2, 0) is 17.6 Å². The number of aryl methyl sites for hydroxylation is 1. The van der Waals surface area contributed by atoms with Gasteiger partial charge in [0, 0.05) is 32.3 Å². The summed E-state index contributed by atoms with van der Waals surface area (Å²) < 4.78 is 0. The average molecular weight is 418 g/mol. The number of aromatic amines is 1. The molecule has 1 aliphatic heterocycles. The Morgan fingerprint density at radius 1 is 1.16 bits per heavy atom. The summed E-state index contributed by atoms with van der Waals surface area (Å²) >= 11 is 0. The first-order valence-corrected chi connectivity index (χ1v) is 10.9. The third-order valence-electron chi connectivity index (χ3n) is 6.07. The van der Waals surface area contributed by atoms with Crippen LogP contribution in [0.4, 0.5) is 17.6 Å². The van der Waals surface area contributed by atoms with Gasteiger partial charge in [-0.2, -0.15) is 10.1 Å². The molecule has 1 amide bonds. The van der Waals surface area contributed by atoms with Crippen LogP contribution in [0.2, 0.25) is 0 Å². The Kier molecular flexibility index (Phi) is 5.05. The molecule has 0 spiro atoms. The molecular formula is C23H27N7O. The van der Waals surface area contributed by atoms with E-state index in [1.165, 1.54) is 0 Å². The number of hydrogen-bond donors (Lipinski definition) is 2. The Bertz CT molecular complexity index is 1090. The van der Waals surface area contributed by atoms with E-state index in [0.29, 0.717) is 5.95 Å². The molecule has 31 heavy (non-hydrogen) atoms. The number of benzene rings is 1. The van der Waals surface area contributed by atoms with E-state index in [2.05, 4.69) is 20.4 Å². The summed E-state index contributed by atoms with van der Waals surface area (Å²) in [5.74, 6) is 2.27. The van der Waals surface area contributed by atoms with Gasteiger partial charge in [0.1, 0.15) is 11.9 Å². The van der Waals surface area contributed by atoms with Crippen molar-refractivity contribution in [2.75, 3.05) is 30.9 Å². The van der Waals surface area contributed by atoms with E-state index in [-0.39, 0.29) is 11.9 Å². The smallest absolute Gasteiger partial charge is 0.244 e. The molecule has 0 bridgehead atoms. The average Bonchev–Trinajstić information content (AvgIpc) is 3.53. The van der Waals surface area contributed by atoms with E-state index < -0.39 is 0 Å². The van der Waals surface area contributed by atoms with Gasteiger partial charge in [0.25, 0.3) is 0 Å². The molecule has 5 rings (SSSR count). The molecule has 2 aliphatic rings. The van der Waals surface area contributed by atoms with E-state index in [1.807, 2.05) is 36.4 Å². The topological polar surface area (TPSA) is 90.0 Å². The molecule has 8 heteroatoms. The minimum absolute atomic E-state index is 0.107.